The van der Waals surface area contributed by atoms with Crippen LogP contribution in [0.25, 0.3) is 10.4 Å². The Morgan fingerprint density at radius 2 is 2.03 bits per heavy atom. The first kappa shape index (κ1) is 20.0. The SMILES string of the molecule is O=C(O)COCC(=O)N1CCN2C(=O)c3cc(-c4cccs4)ccc3NC(=O)C2C1. The highest BCUT2D eigenvalue weighted by Gasteiger charge is 2.40. The van der Waals surface area contributed by atoms with E-state index in [-0.39, 0.29) is 38.1 Å². The van der Waals surface area contributed by atoms with Gasteiger partial charge in [0.05, 0.1) is 17.8 Å². The van der Waals surface area contributed by atoms with Crippen molar-refractivity contribution in [3.8, 4) is 10.4 Å². The molecule has 0 saturated carbocycles. The second-order valence-corrected chi connectivity index (χ2v) is 7.92. The number of aliphatic carboxylic acids is 1. The molecule has 2 N–H and O–H groups in total. The highest BCUT2D eigenvalue weighted by molar-refractivity contribution is 7.13. The largest absolute Gasteiger partial charge is 0.480 e. The Morgan fingerprint density at radius 1 is 1.20 bits per heavy atom. The number of piperazine rings is 1. The van der Waals surface area contributed by atoms with Crippen LogP contribution in [0.4, 0.5) is 5.69 Å². The predicted molar refractivity (Wildman–Crippen MR) is 108 cm³/mol. The number of nitrogens with zero attached hydrogens (tertiary/aromatic N) is 2. The van der Waals surface area contributed by atoms with Crippen molar-refractivity contribution in [2.45, 2.75) is 6.04 Å². The van der Waals surface area contributed by atoms with E-state index >= 15 is 0 Å². The molecule has 3 amide bonds. The van der Waals surface area contributed by atoms with Crippen LogP contribution in [0.15, 0.2) is 35.7 Å². The monoisotopic (exact) mass is 429 g/mol. The van der Waals surface area contributed by atoms with Gasteiger partial charge in [0, 0.05) is 18.0 Å². The lowest BCUT2D eigenvalue weighted by Gasteiger charge is -2.39. The van der Waals surface area contributed by atoms with Crippen molar-refractivity contribution in [3.05, 3.63) is 41.3 Å². The molecule has 0 radical (unpaired) electrons. The molecule has 1 atom stereocenters. The van der Waals surface area contributed by atoms with Gasteiger partial charge in [0.25, 0.3) is 5.91 Å². The first-order chi connectivity index (χ1) is 14.4. The number of carbonyl (C=O) groups is 4. The number of hydrogen-bond acceptors (Lipinski definition) is 6. The third kappa shape index (κ3) is 3.91. The van der Waals surface area contributed by atoms with Crippen LogP contribution in [-0.4, -0.2) is 77.5 Å². The van der Waals surface area contributed by atoms with Gasteiger partial charge in [-0.25, -0.2) is 4.79 Å². The van der Waals surface area contributed by atoms with Crippen molar-refractivity contribution in [2.75, 3.05) is 38.2 Å². The van der Waals surface area contributed by atoms with Crippen LogP contribution in [0.5, 0.6) is 0 Å². The lowest BCUT2D eigenvalue weighted by Crippen LogP contribution is -2.60. The molecule has 1 saturated heterocycles. The van der Waals surface area contributed by atoms with E-state index in [9.17, 15) is 19.2 Å². The Kier molecular flexibility index (Phi) is 5.51. The molecule has 0 bridgehead atoms. The van der Waals surface area contributed by atoms with Crippen molar-refractivity contribution in [2.24, 2.45) is 0 Å². The van der Waals surface area contributed by atoms with Gasteiger partial charge in [-0.05, 0) is 29.1 Å². The second kappa shape index (κ2) is 8.25. The molecule has 1 fully saturated rings. The summed E-state index contributed by atoms with van der Waals surface area (Å²) in [6.07, 6.45) is 0. The number of carboxylic acid groups (broad SMARTS) is 1. The average molecular weight is 429 g/mol. The molecule has 3 heterocycles. The molecule has 0 aliphatic carbocycles. The Hall–Kier alpha value is -3.24. The topological polar surface area (TPSA) is 116 Å². The van der Waals surface area contributed by atoms with Crippen molar-refractivity contribution in [1.82, 2.24) is 9.80 Å². The van der Waals surface area contributed by atoms with Crippen LogP contribution in [0.2, 0.25) is 0 Å². The second-order valence-electron chi connectivity index (χ2n) is 6.97. The van der Waals surface area contributed by atoms with Gasteiger partial charge in [0.2, 0.25) is 11.8 Å². The normalized spacial score (nSPS) is 18.3. The zero-order valence-electron chi connectivity index (χ0n) is 15.9. The van der Waals surface area contributed by atoms with E-state index in [1.165, 1.54) is 9.80 Å². The Morgan fingerprint density at radius 3 is 2.77 bits per heavy atom. The summed E-state index contributed by atoms with van der Waals surface area (Å²) < 4.78 is 4.85. The molecule has 9 nitrogen and oxygen atoms in total. The van der Waals surface area contributed by atoms with Gasteiger partial charge in [-0.2, -0.15) is 0 Å². The van der Waals surface area contributed by atoms with Crippen LogP contribution in [0.3, 0.4) is 0 Å². The molecule has 4 rings (SSSR count). The summed E-state index contributed by atoms with van der Waals surface area (Å²) in [5.41, 5.74) is 1.76. The van der Waals surface area contributed by atoms with Crippen molar-refractivity contribution >= 4 is 40.7 Å². The Labute approximate surface area is 175 Å². The van der Waals surface area contributed by atoms with Crippen LogP contribution in [-0.2, 0) is 19.1 Å². The molecule has 156 valence electrons. The minimum atomic E-state index is -1.17. The van der Waals surface area contributed by atoms with Crippen LogP contribution >= 0.6 is 11.3 Å². The predicted octanol–water partition coefficient (Wildman–Crippen LogP) is 1.12. The molecule has 1 unspecified atom stereocenters. The minimum absolute atomic E-state index is 0.0264. The van der Waals surface area contributed by atoms with Crippen LogP contribution in [0, 0.1) is 0 Å². The summed E-state index contributed by atoms with van der Waals surface area (Å²) in [4.78, 5) is 52.7. The van der Waals surface area contributed by atoms with Gasteiger partial charge in [0.1, 0.15) is 19.3 Å². The number of fused-ring (bicyclic) bond motifs is 2. The molecular formula is C20H19N3O6S. The molecule has 1 aromatic carbocycles. The number of anilines is 1. The zero-order valence-corrected chi connectivity index (χ0v) is 16.7. The molecular weight excluding hydrogens is 410 g/mol. The lowest BCUT2D eigenvalue weighted by atomic mass is 10.1. The fourth-order valence-corrected chi connectivity index (χ4v) is 4.31. The standard InChI is InChI=1S/C20H19N3O6S/c24-17(10-29-11-18(25)26)22-5-6-23-15(9-22)19(27)21-14-4-3-12(8-13(14)20(23)28)16-2-1-7-30-16/h1-4,7-8,15H,5-6,9-11H2,(H,21,27)(H,25,26). The zero-order chi connectivity index (χ0) is 21.3. The first-order valence-electron chi connectivity index (χ1n) is 9.31. The number of ether oxygens (including phenoxy) is 1. The molecule has 0 spiro atoms. The fraction of sp³-hybridized carbons (Fsp3) is 0.300. The summed E-state index contributed by atoms with van der Waals surface area (Å²) in [5.74, 6) is -2.21. The summed E-state index contributed by atoms with van der Waals surface area (Å²) in [6, 6.07) is 8.43. The lowest BCUT2D eigenvalue weighted by molar-refractivity contribution is -0.147. The Balaban J connectivity index is 1.52. The van der Waals surface area contributed by atoms with Crippen molar-refractivity contribution in [3.63, 3.8) is 0 Å². The van der Waals surface area contributed by atoms with Crippen molar-refractivity contribution in [1.29, 1.82) is 0 Å². The van der Waals surface area contributed by atoms with E-state index in [0.29, 0.717) is 11.3 Å². The molecule has 10 heteroatoms. The quantitative estimate of drug-likeness (QED) is 0.736. The summed E-state index contributed by atoms with van der Waals surface area (Å²) in [7, 11) is 0. The number of carbonyl (C=O) groups excluding carboxylic acids is 3. The number of benzene rings is 1. The van der Waals surface area contributed by atoms with Gasteiger partial charge in [-0.1, -0.05) is 12.1 Å². The first-order valence-corrected chi connectivity index (χ1v) is 10.2. The molecule has 2 aliphatic heterocycles. The maximum absolute atomic E-state index is 13.2. The molecule has 1 aromatic heterocycles. The van der Waals surface area contributed by atoms with Gasteiger partial charge < -0.3 is 25.0 Å². The van der Waals surface area contributed by atoms with Gasteiger partial charge in [-0.15, -0.1) is 11.3 Å². The van der Waals surface area contributed by atoms with E-state index < -0.39 is 24.5 Å². The van der Waals surface area contributed by atoms with Gasteiger partial charge >= 0.3 is 5.97 Å². The number of nitrogens with one attached hydrogen (secondary N) is 1. The third-order valence-corrected chi connectivity index (χ3v) is 5.98. The number of thiophene rings is 1. The smallest absolute Gasteiger partial charge is 0.329 e. The average Bonchev–Trinajstić information content (AvgIpc) is 3.24. The third-order valence-electron chi connectivity index (χ3n) is 5.06. The highest BCUT2D eigenvalue weighted by atomic mass is 32.1. The number of hydrogen-bond donors (Lipinski definition) is 2. The molecule has 2 aromatic rings. The van der Waals surface area contributed by atoms with Crippen LogP contribution < -0.4 is 5.32 Å². The van der Waals surface area contributed by atoms with Gasteiger partial charge in [0.15, 0.2) is 0 Å². The van der Waals surface area contributed by atoms with E-state index in [1.807, 2.05) is 23.6 Å². The number of amides is 3. The van der Waals surface area contributed by atoms with E-state index in [4.69, 9.17) is 9.84 Å². The maximum Gasteiger partial charge on any atom is 0.329 e. The van der Waals surface area contributed by atoms with E-state index in [2.05, 4.69) is 5.32 Å². The van der Waals surface area contributed by atoms with E-state index in [0.717, 1.165) is 10.4 Å². The summed E-state index contributed by atoms with van der Waals surface area (Å²) >= 11 is 1.56. The molecule has 30 heavy (non-hydrogen) atoms. The maximum atomic E-state index is 13.2. The molecule has 2 aliphatic rings. The minimum Gasteiger partial charge on any atom is -0.480 e. The number of rotatable bonds is 5. The highest BCUT2D eigenvalue weighted by Crippen LogP contribution is 2.32. The van der Waals surface area contributed by atoms with Gasteiger partial charge in [-0.3, -0.25) is 14.4 Å². The Bertz CT molecular complexity index is 1010. The summed E-state index contributed by atoms with van der Waals surface area (Å²) in [5, 5.41) is 13.4. The summed E-state index contributed by atoms with van der Waals surface area (Å²) in [6.45, 7) is -0.497. The fourth-order valence-electron chi connectivity index (χ4n) is 3.59. The van der Waals surface area contributed by atoms with Crippen LogP contribution in [0.1, 0.15) is 10.4 Å². The van der Waals surface area contributed by atoms with E-state index in [1.54, 1.807) is 23.5 Å². The number of carboxylic acids is 1. The van der Waals surface area contributed by atoms with Crippen molar-refractivity contribution < 1.29 is 29.0 Å².